The molecule has 16 heavy (non-hydrogen) atoms. The molecule has 0 radical (unpaired) electrons. The molecule has 1 fully saturated rings. The number of aliphatic hydroxyl groups excluding tert-OH is 1. The summed E-state index contributed by atoms with van der Waals surface area (Å²) in [5, 5.41) is 21.4. The molecule has 0 unspecified atom stereocenters. The van der Waals surface area contributed by atoms with Crippen molar-refractivity contribution in [3.8, 4) is 6.07 Å². The van der Waals surface area contributed by atoms with Crippen molar-refractivity contribution < 1.29 is 5.11 Å². The van der Waals surface area contributed by atoms with E-state index in [0.29, 0.717) is 11.7 Å². The Hall–Kier alpha value is -1.60. The molecule has 0 aromatic carbocycles. The van der Waals surface area contributed by atoms with E-state index in [4.69, 9.17) is 5.26 Å². The minimum Gasteiger partial charge on any atom is -0.393 e. The van der Waals surface area contributed by atoms with Gasteiger partial charge in [-0.15, -0.1) is 0 Å². The lowest BCUT2D eigenvalue weighted by Crippen LogP contribution is -2.28. The quantitative estimate of drug-likeness (QED) is 0.790. The van der Waals surface area contributed by atoms with Gasteiger partial charge in [-0.3, -0.25) is 0 Å². The van der Waals surface area contributed by atoms with Crippen LogP contribution in [0.3, 0.4) is 0 Å². The molecule has 1 aromatic heterocycles. The van der Waals surface area contributed by atoms with Gasteiger partial charge in [0.05, 0.1) is 6.10 Å². The summed E-state index contributed by atoms with van der Waals surface area (Å²) in [7, 11) is 0. The van der Waals surface area contributed by atoms with Crippen molar-refractivity contribution in [3.05, 3.63) is 23.9 Å². The van der Waals surface area contributed by atoms with E-state index >= 15 is 0 Å². The SMILES string of the molecule is N#Cc1cccc(NC2CCC(O)CC2)n1. The fraction of sp³-hybridized carbons (Fsp3) is 0.500. The molecule has 0 spiro atoms. The summed E-state index contributed by atoms with van der Waals surface area (Å²) in [5.41, 5.74) is 0.431. The second-order valence-corrected chi connectivity index (χ2v) is 4.17. The van der Waals surface area contributed by atoms with Gasteiger partial charge >= 0.3 is 0 Å². The first-order chi connectivity index (χ1) is 7.78. The van der Waals surface area contributed by atoms with Gasteiger partial charge in [-0.1, -0.05) is 6.07 Å². The lowest BCUT2D eigenvalue weighted by Gasteiger charge is -2.26. The molecule has 84 valence electrons. The van der Waals surface area contributed by atoms with Crippen LogP contribution in [-0.2, 0) is 0 Å². The van der Waals surface area contributed by atoms with Crippen LogP contribution in [0.1, 0.15) is 31.4 Å². The highest BCUT2D eigenvalue weighted by atomic mass is 16.3. The maximum Gasteiger partial charge on any atom is 0.142 e. The van der Waals surface area contributed by atoms with Crippen LogP contribution in [0, 0.1) is 11.3 Å². The predicted octanol–water partition coefficient (Wildman–Crippen LogP) is 1.67. The van der Waals surface area contributed by atoms with Crippen LogP contribution in [0.25, 0.3) is 0 Å². The average Bonchev–Trinajstić information content (AvgIpc) is 2.32. The molecule has 0 amide bonds. The first-order valence-electron chi connectivity index (χ1n) is 5.59. The molecule has 0 atom stereocenters. The molecule has 1 aliphatic carbocycles. The minimum atomic E-state index is -0.142. The number of nitrogens with zero attached hydrogens (tertiary/aromatic N) is 2. The van der Waals surface area contributed by atoms with E-state index in [1.807, 2.05) is 18.2 Å². The third-order valence-electron chi connectivity index (χ3n) is 2.91. The van der Waals surface area contributed by atoms with Crippen molar-refractivity contribution in [2.75, 3.05) is 5.32 Å². The van der Waals surface area contributed by atoms with Gasteiger partial charge in [-0.05, 0) is 37.8 Å². The molecule has 1 aliphatic rings. The Labute approximate surface area is 94.9 Å². The Morgan fingerprint density at radius 3 is 2.75 bits per heavy atom. The van der Waals surface area contributed by atoms with Gasteiger partial charge in [0, 0.05) is 6.04 Å². The standard InChI is InChI=1S/C12H15N3O/c13-8-10-2-1-3-12(15-10)14-9-4-6-11(16)7-5-9/h1-3,9,11,16H,4-7H2,(H,14,15). The largest absolute Gasteiger partial charge is 0.393 e. The summed E-state index contributed by atoms with van der Waals surface area (Å²) in [5.74, 6) is 0.750. The zero-order valence-corrected chi connectivity index (χ0v) is 9.06. The summed E-state index contributed by atoms with van der Waals surface area (Å²) in [6, 6.07) is 7.77. The van der Waals surface area contributed by atoms with Gasteiger partial charge in [-0.25, -0.2) is 4.98 Å². The van der Waals surface area contributed by atoms with Gasteiger partial charge in [0.2, 0.25) is 0 Å². The Morgan fingerprint density at radius 1 is 1.31 bits per heavy atom. The van der Waals surface area contributed by atoms with Crippen molar-refractivity contribution >= 4 is 5.82 Å². The van der Waals surface area contributed by atoms with Crippen LogP contribution in [-0.4, -0.2) is 22.2 Å². The normalized spacial score (nSPS) is 24.8. The maximum atomic E-state index is 9.39. The molecule has 0 bridgehead atoms. The predicted molar refractivity (Wildman–Crippen MR) is 60.8 cm³/mol. The van der Waals surface area contributed by atoms with Crippen LogP contribution in [0.5, 0.6) is 0 Å². The third-order valence-corrected chi connectivity index (χ3v) is 2.91. The number of hydrogen-bond acceptors (Lipinski definition) is 4. The average molecular weight is 217 g/mol. The van der Waals surface area contributed by atoms with Crippen molar-refractivity contribution in [2.45, 2.75) is 37.8 Å². The van der Waals surface area contributed by atoms with E-state index < -0.39 is 0 Å². The molecule has 0 aliphatic heterocycles. The first kappa shape index (κ1) is 10.9. The number of aliphatic hydroxyl groups is 1. The highest BCUT2D eigenvalue weighted by Gasteiger charge is 2.19. The van der Waals surface area contributed by atoms with Crippen LogP contribution in [0.2, 0.25) is 0 Å². The lowest BCUT2D eigenvalue weighted by molar-refractivity contribution is 0.126. The smallest absolute Gasteiger partial charge is 0.142 e. The maximum absolute atomic E-state index is 9.39. The lowest BCUT2D eigenvalue weighted by atomic mass is 9.93. The molecule has 4 heteroatoms. The van der Waals surface area contributed by atoms with Gasteiger partial charge in [0.15, 0.2) is 0 Å². The number of aromatic nitrogens is 1. The van der Waals surface area contributed by atoms with Gasteiger partial charge in [-0.2, -0.15) is 5.26 Å². The van der Waals surface area contributed by atoms with Gasteiger partial charge in [0.25, 0.3) is 0 Å². The Bertz CT molecular complexity index is 391. The summed E-state index contributed by atoms with van der Waals surface area (Å²) in [6.45, 7) is 0. The second kappa shape index (κ2) is 4.95. The minimum absolute atomic E-state index is 0.142. The molecular weight excluding hydrogens is 202 g/mol. The highest BCUT2D eigenvalue weighted by molar-refractivity contribution is 5.39. The number of pyridine rings is 1. The molecule has 1 heterocycles. The fourth-order valence-corrected chi connectivity index (χ4v) is 2.01. The van der Waals surface area contributed by atoms with Gasteiger partial charge < -0.3 is 10.4 Å². The zero-order valence-electron chi connectivity index (χ0n) is 9.06. The van der Waals surface area contributed by atoms with Crippen LogP contribution < -0.4 is 5.32 Å². The molecule has 2 N–H and O–H groups in total. The summed E-state index contributed by atoms with van der Waals surface area (Å²) in [6.07, 6.45) is 3.46. The van der Waals surface area contributed by atoms with E-state index in [1.165, 1.54) is 0 Å². The molecule has 0 saturated heterocycles. The van der Waals surface area contributed by atoms with Gasteiger partial charge in [0.1, 0.15) is 17.6 Å². The molecule has 2 rings (SSSR count). The third kappa shape index (κ3) is 2.71. The molecule has 1 aromatic rings. The number of nitriles is 1. The van der Waals surface area contributed by atoms with E-state index in [1.54, 1.807) is 6.07 Å². The highest BCUT2D eigenvalue weighted by Crippen LogP contribution is 2.21. The fourth-order valence-electron chi connectivity index (χ4n) is 2.01. The monoisotopic (exact) mass is 217 g/mol. The zero-order chi connectivity index (χ0) is 11.4. The van der Waals surface area contributed by atoms with E-state index in [2.05, 4.69) is 10.3 Å². The summed E-state index contributed by atoms with van der Waals surface area (Å²) < 4.78 is 0. The van der Waals surface area contributed by atoms with Crippen LogP contribution in [0.15, 0.2) is 18.2 Å². The van der Waals surface area contributed by atoms with Crippen molar-refractivity contribution in [1.82, 2.24) is 4.98 Å². The molecule has 4 nitrogen and oxygen atoms in total. The number of hydrogen-bond donors (Lipinski definition) is 2. The number of nitrogens with one attached hydrogen (secondary N) is 1. The van der Waals surface area contributed by atoms with E-state index in [-0.39, 0.29) is 6.10 Å². The van der Waals surface area contributed by atoms with E-state index in [9.17, 15) is 5.11 Å². The van der Waals surface area contributed by atoms with E-state index in [0.717, 1.165) is 31.5 Å². The van der Waals surface area contributed by atoms with Crippen molar-refractivity contribution in [2.24, 2.45) is 0 Å². The number of anilines is 1. The second-order valence-electron chi connectivity index (χ2n) is 4.17. The summed E-state index contributed by atoms with van der Waals surface area (Å²) >= 11 is 0. The first-order valence-corrected chi connectivity index (χ1v) is 5.59. The number of rotatable bonds is 2. The molecule has 1 saturated carbocycles. The van der Waals surface area contributed by atoms with Crippen molar-refractivity contribution in [1.29, 1.82) is 5.26 Å². The van der Waals surface area contributed by atoms with Crippen molar-refractivity contribution in [3.63, 3.8) is 0 Å². The van der Waals surface area contributed by atoms with Crippen LogP contribution in [0.4, 0.5) is 5.82 Å². The van der Waals surface area contributed by atoms with Crippen LogP contribution >= 0.6 is 0 Å². The topological polar surface area (TPSA) is 68.9 Å². The Balaban J connectivity index is 1.96. The Morgan fingerprint density at radius 2 is 2.06 bits per heavy atom. The molecular formula is C12H15N3O. The Kier molecular flexibility index (Phi) is 3.37. The summed E-state index contributed by atoms with van der Waals surface area (Å²) in [4.78, 5) is 4.17.